The van der Waals surface area contributed by atoms with Gasteiger partial charge in [-0.3, -0.25) is 9.18 Å². The zero-order valence-corrected chi connectivity index (χ0v) is 10.8. The monoisotopic (exact) mass is 241 g/mol. The number of hydrogen-bond acceptors (Lipinski definition) is 2. The van der Waals surface area contributed by atoms with E-state index >= 15 is 0 Å². The van der Waals surface area contributed by atoms with Crippen LogP contribution in [-0.4, -0.2) is 36.5 Å². The minimum atomic E-state index is -0.243. The molecule has 2 fully saturated rings. The van der Waals surface area contributed by atoms with Gasteiger partial charge in [0.15, 0.2) is 0 Å². The lowest BCUT2D eigenvalue weighted by Gasteiger charge is -2.35. The predicted octanol–water partition coefficient (Wildman–Crippen LogP) is 2.96. The van der Waals surface area contributed by atoms with Gasteiger partial charge in [0.2, 0.25) is 0 Å². The molecule has 2 nitrogen and oxygen atoms in total. The van der Waals surface area contributed by atoms with E-state index in [2.05, 4.69) is 11.9 Å². The van der Waals surface area contributed by atoms with Gasteiger partial charge in [-0.15, -0.1) is 0 Å². The summed E-state index contributed by atoms with van der Waals surface area (Å²) in [6.07, 6.45) is 7.70. The third-order valence-electron chi connectivity index (χ3n) is 4.61. The molecule has 2 saturated heterocycles. The Labute approximate surface area is 104 Å². The Morgan fingerprint density at radius 2 is 1.82 bits per heavy atom. The van der Waals surface area contributed by atoms with Gasteiger partial charge in [0.1, 0.15) is 5.78 Å². The maximum Gasteiger partial charge on any atom is 0.136 e. The molecule has 0 amide bonds. The van der Waals surface area contributed by atoms with Gasteiger partial charge < -0.3 is 4.90 Å². The molecule has 2 unspecified atom stereocenters. The number of unbranched alkanes of at least 4 members (excludes halogenated alkanes) is 2. The Kier molecular flexibility index (Phi) is 4.55. The summed E-state index contributed by atoms with van der Waals surface area (Å²) in [5.74, 6) is 0.739. The number of alkyl halides is 1. The van der Waals surface area contributed by atoms with E-state index in [1.165, 1.54) is 12.8 Å². The molecule has 0 radical (unpaired) electrons. The van der Waals surface area contributed by atoms with Crippen LogP contribution in [0.4, 0.5) is 4.39 Å². The van der Waals surface area contributed by atoms with Gasteiger partial charge in [-0.1, -0.05) is 6.42 Å². The molecular formula is C14H24FNO. The van der Waals surface area contributed by atoms with Gasteiger partial charge in [-0.2, -0.15) is 0 Å². The second kappa shape index (κ2) is 5.94. The quantitative estimate of drug-likeness (QED) is 0.666. The summed E-state index contributed by atoms with van der Waals surface area (Å²) in [7, 11) is 2.20. The highest BCUT2D eigenvalue weighted by Gasteiger charge is 2.40. The zero-order chi connectivity index (χ0) is 12.3. The van der Waals surface area contributed by atoms with Gasteiger partial charge in [0, 0.05) is 24.4 Å². The van der Waals surface area contributed by atoms with Crippen LogP contribution in [0.1, 0.15) is 51.4 Å². The first-order chi connectivity index (χ1) is 8.22. The van der Waals surface area contributed by atoms with Crippen LogP contribution in [-0.2, 0) is 4.79 Å². The van der Waals surface area contributed by atoms with Gasteiger partial charge in [0.05, 0.1) is 6.67 Å². The second-order valence-corrected chi connectivity index (χ2v) is 5.68. The molecule has 2 aliphatic rings. The molecule has 0 aliphatic carbocycles. The molecule has 0 aromatic rings. The highest BCUT2D eigenvalue weighted by molar-refractivity contribution is 5.81. The number of hydrogen-bond donors (Lipinski definition) is 0. The number of nitrogens with zero attached hydrogens (tertiary/aromatic N) is 1. The first kappa shape index (κ1) is 13.0. The third kappa shape index (κ3) is 3.06. The van der Waals surface area contributed by atoms with Crippen molar-refractivity contribution in [2.24, 2.45) is 5.92 Å². The normalized spacial score (nSPS) is 32.9. The zero-order valence-electron chi connectivity index (χ0n) is 10.8. The molecule has 2 heterocycles. The molecule has 2 rings (SSSR count). The van der Waals surface area contributed by atoms with E-state index < -0.39 is 0 Å². The number of halogens is 1. The van der Waals surface area contributed by atoms with E-state index in [4.69, 9.17) is 0 Å². The van der Waals surface area contributed by atoms with Crippen LogP contribution in [0.25, 0.3) is 0 Å². The summed E-state index contributed by atoms with van der Waals surface area (Å²) in [6, 6.07) is 1.29. The predicted molar refractivity (Wildman–Crippen MR) is 66.7 cm³/mol. The number of carbonyl (C=O) groups is 1. The van der Waals surface area contributed by atoms with Crippen LogP contribution < -0.4 is 0 Å². The number of carbonyl (C=O) groups excluding carboxylic acids is 1. The summed E-state index contributed by atoms with van der Waals surface area (Å²) in [5.41, 5.74) is 0. The molecule has 0 spiro atoms. The fraction of sp³-hybridized carbons (Fsp3) is 0.929. The molecule has 98 valence electrons. The van der Waals surface area contributed by atoms with Gasteiger partial charge in [-0.25, -0.2) is 0 Å². The van der Waals surface area contributed by atoms with E-state index in [1.54, 1.807) is 0 Å². The molecule has 0 aromatic carbocycles. The summed E-state index contributed by atoms with van der Waals surface area (Å²) in [4.78, 5) is 14.5. The first-order valence-corrected chi connectivity index (χ1v) is 7.03. The summed E-state index contributed by atoms with van der Waals surface area (Å²) in [5, 5.41) is 0. The van der Waals surface area contributed by atoms with Gasteiger partial charge in [0.25, 0.3) is 0 Å². The Bertz CT molecular complexity index is 255. The smallest absolute Gasteiger partial charge is 0.136 e. The molecule has 3 heteroatoms. The highest BCUT2D eigenvalue weighted by atomic mass is 19.1. The fourth-order valence-corrected chi connectivity index (χ4v) is 3.45. The lowest BCUT2D eigenvalue weighted by molar-refractivity contribution is -0.125. The summed E-state index contributed by atoms with van der Waals surface area (Å²) in [6.45, 7) is -0.243. The number of Topliss-reactive ketones (excluding diaryl/α,β-unsaturated/α-hetero) is 1. The number of rotatable bonds is 6. The number of ketones is 1. The van der Waals surface area contributed by atoms with Crippen LogP contribution in [0.2, 0.25) is 0 Å². The van der Waals surface area contributed by atoms with Crippen molar-refractivity contribution < 1.29 is 9.18 Å². The Hall–Kier alpha value is -0.440. The number of piperidine rings is 1. The minimum absolute atomic E-state index is 0.243. The van der Waals surface area contributed by atoms with Crippen LogP contribution in [0.5, 0.6) is 0 Å². The van der Waals surface area contributed by atoms with Crippen molar-refractivity contribution >= 4 is 5.78 Å². The van der Waals surface area contributed by atoms with Gasteiger partial charge >= 0.3 is 0 Å². The SMILES string of the molecule is CN1C2CCC1CC(C(=O)CCCCCF)C2. The Balaban J connectivity index is 1.74. The summed E-state index contributed by atoms with van der Waals surface area (Å²) >= 11 is 0. The Morgan fingerprint density at radius 3 is 2.41 bits per heavy atom. The molecule has 0 N–H and O–H groups in total. The van der Waals surface area contributed by atoms with Crippen LogP contribution >= 0.6 is 0 Å². The average Bonchev–Trinajstić information content (AvgIpc) is 2.57. The van der Waals surface area contributed by atoms with Crippen molar-refractivity contribution in [3.8, 4) is 0 Å². The van der Waals surface area contributed by atoms with Crippen molar-refractivity contribution in [3.05, 3.63) is 0 Å². The standard InChI is InChI=1S/C14H24FNO/c1-16-12-6-7-13(16)10-11(9-12)14(17)5-3-2-4-8-15/h11-13H,2-10H2,1H3. The van der Waals surface area contributed by atoms with E-state index in [0.717, 1.165) is 25.7 Å². The topological polar surface area (TPSA) is 20.3 Å². The molecular weight excluding hydrogens is 217 g/mol. The van der Waals surface area contributed by atoms with Crippen molar-refractivity contribution in [2.45, 2.75) is 63.5 Å². The maximum absolute atomic E-state index is 12.1. The fourth-order valence-electron chi connectivity index (χ4n) is 3.45. The second-order valence-electron chi connectivity index (χ2n) is 5.68. The van der Waals surface area contributed by atoms with Crippen LogP contribution in [0, 0.1) is 5.92 Å². The molecule has 2 atom stereocenters. The van der Waals surface area contributed by atoms with E-state index in [9.17, 15) is 9.18 Å². The minimum Gasteiger partial charge on any atom is -0.300 e. The average molecular weight is 241 g/mol. The Morgan fingerprint density at radius 1 is 1.18 bits per heavy atom. The first-order valence-electron chi connectivity index (χ1n) is 7.03. The number of fused-ring (bicyclic) bond motifs is 2. The summed E-state index contributed by atoms with van der Waals surface area (Å²) < 4.78 is 11.9. The van der Waals surface area contributed by atoms with Crippen LogP contribution in [0.3, 0.4) is 0 Å². The largest absolute Gasteiger partial charge is 0.300 e. The van der Waals surface area contributed by atoms with E-state index in [0.29, 0.717) is 36.6 Å². The van der Waals surface area contributed by atoms with Gasteiger partial charge in [-0.05, 0) is 45.6 Å². The van der Waals surface area contributed by atoms with Crippen molar-refractivity contribution in [1.82, 2.24) is 4.90 Å². The van der Waals surface area contributed by atoms with Crippen molar-refractivity contribution in [1.29, 1.82) is 0 Å². The molecule has 2 bridgehead atoms. The van der Waals surface area contributed by atoms with Crippen molar-refractivity contribution in [3.63, 3.8) is 0 Å². The lowest BCUT2D eigenvalue weighted by Crippen LogP contribution is -2.42. The molecule has 0 aromatic heterocycles. The maximum atomic E-state index is 12.1. The molecule has 2 aliphatic heterocycles. The van der Waals surface area contributed by atoms with E-state index in [-0.39, 0.29) is 6.67 Å². The lowest BCUT2D eigenvalue weighted by atomic mass is 9.86. The highest BCUT2D eigenvalue weighted by Crippen LogP contribution is 2.38. The van der Waals surface area contributed by atoms with Crippen LogP contribution in [0.15, 0.2) is 0 Å². The van der Waals surface area contributed by atoms with E-state index in [1.807, 2.05) is 0 Å². The van der Waals surface area contributed by atoms with Crippen molar-refractivity contribution in [2.75, 3.05) is 13.7 Å². The molecule has 17 heavy (non-hydrogen) atoms. The molecule has 0 saturated carbocycles. The third-order valence-corrected chi connectivity index (χ3v) is 4.61.